The summed E-state index contributed by atoms with van der Waals surface area (Å²) in [4.78, 5) is 35.2. The molecule has 0 spiro atoms. The SMILES string of the molecule is CCOC(=O)C1=C(C)NC(=O)NC1c1ccc(-c2ccc(OC)cc2[N+](=O)[O-])o1. The van der Waals surface area contributed by atoms with Crippen molar-refractivity contribution in [3.63, 3.8) is 0 Å². The first-order valence-electron chi connectivity index (χ1n) is 8.73. The average molecular weight is 401 g/mol. The van der Waals surface area contributed by atoms with Gasteiger partial charge in [0.05, 0.1) is 35.8 Å². The Morgan fingerprint density at radius 2 is 2.07 bits per heavy atom. The molecule has 0 bridgehead atoms. The van der Waals surface area contributed by atoms with Gasteiger partial charge in [0.1, 0.15) is 23.3 Å². The molecule has 1 unspecified atom stereocenters. The number of nitro benzene ring substituents is 1. The molecule has 1 aliphatic heterocycles. The Morgan fingerprint density at radius 1 is 1.31 bits per heavy atom. The van der Waals surface area contributed by atoms with E-state index in [2.05, 4.69) is 10.6 Å². The first-order valence-corrected chi connectivity index (χ1v) is 8.73. The van der Waals surface area contributed by atoms with Crippen molar-refractivity contribution >= 4 is 17.7 Å². The number of hydrogen-bond acceptors (Lipinski definition) is 7. The third-order valence-electron chi connectivity index (χ3n) is 4.34. The number of esters is 1. The third-order valence-corrected chi connectivity index (χ3v) is 4.34. The maximum atomic E-state index is 12.4. The van der Waals surface area contributed by atoms with E-state index in [1.807, 2.05) is 0 Å². The summed E-state index contributed by atoms with van der Waals surface area (Å²) in [5.74, 6) is 0.183. The van der Waals surface area contributed by atoms with Crippen molar-refractivity contribution < 1.29 is 28.4 Å². The molecule has 2 amide bonds. The van der Waals surface area contributed by atoms with Gasteiger partial charge in [-0.3, -0.25) is 10.1 Å². The highest BCUT2D eigenvalue weighted by atomic mass is 16.6. The van der Waals surface area contributed by atoms with Crippen molar-refractivity contribution in [1.82, 2.24) is 10.6 Å². The number of allylic oxidation sites excluding steroid dienone is 1. The summed E-state index contributed by atoms with van der Waals surface area (Å²) >= 11 is 0. The summed E-state index contributed by atoms with van der Waals surface area (Å²) in [6.07, 6.45) is 0. The number of benzene rings is 1. The van der Waals surface area contributed by atoms with Gasteiger partial charge in [0.15, 0.2) is 0 Å². The van der Waals surface area contributed by atoms with Gasteiger partial charge in [-0.2, -0.15) is 0 Å². The quantitative estimate of drug-likeness (QED) is 0.432. The summed E-state index contributed by atoms with van der Waals surface area (Å²) in [5, 5.41) is 16.6. The summed E-state index contributed by atoms with van der Waals surface area (Å²) in [5.41, 5.74) is 0.569. The molecule has 2 N–H and O–H groups in total. The van der Waals surface area contributed by atoms with E-state index in [0.717, 1.165) is 0 Å². The van der Waals surface area contributed by atoms with Gasteiger partial charge in [-0.25, -0.2) is 9.59 Å². The van der Waals surface area contributed by atoms with Crippen LogP contribution in [0.25, 0.3) is 11.3 Å². The minimum absolute atomic E-state index is 0.164. The monoisotopic (exact) mass is 401 g/mol. The first kappa shape index (κ1) is 19.9. The van der Waals surface area contributed by atoms with Crippen molar-refractivity contribution in [1.29, 1.82) is 0 Å². The summed E-state index contributed by atoms with van der Waals surface area (Å²) in [6.45, 7) is 3.42. The van der Waals surface area contributed by atoms with E-state index in [0.29, 0.717) is 11.4 Å². The molecule has 0 saturated carbocycles. The van der Waals surface area contributed by atoms with Crippen LogP contribution >= 0.6 is 0 Å². The van der Waals surface area contributed by atoms with Gasteiger partial charge >= 0.3 is 12.0 Å². The molecule has 1 aromatic heterocycles. The molecule has 1 aliphatic rings. The number of rotatable bonds is 6. The Hall–Kier alpha value is -3.82. The zero-order valence-electron chi connectivity index (χ0n) is 16.0. The standard InChI is InChI=1S/C19H19N3O7/c1-4-28-18(23)16-10(2)20-19(24)21-17(16)15-8-7-14(29-15)12-6-5-11(27-3)9-13(12)22(25)26/h5-9,17H,4H2,1-3H3,(H2,20,21,24). The van der Waals surface area contributed by atoms with Crippen LogP contribution in [0.4, 0.5) is 10.5 Å². The van der Waals surface area contributed by atoms with Crippen LogP contribution in [0.2, 0.25) is 0 Å². The fourth-order valence-electron chi connectivity index (χ4n) is 3.04. The Balaban J connectivity index is 2.03. The van der Waals surface area contributed by atoms with Crippen LogP contribution in [0.3, 0.4) is 0 Å². The lowest BCUT2D eigenvalue weighted by molar-refractivity contribution is -0.384. The highest BCUT2D eigenvalue weighted by Crippen LogP contribution is 2.37. The van der Waals surface area contributed by atoms with Gasteiger partial charge in [-0.15, -0.1) is 0 Å². The minimum Gasteiger partial charge on any atom is -0.497 e. The van der Waals surface area contributed by atoms with E-state index in [9.17, 15) is 19.7 Å². The number of amides is 2. The van der Waals surface area contributed by atoms with Crippen LogP contribution in [0.15, 0.2) is 46.0 Å². The first-order chi connectivity index (χ1) is 13.8. The number of urea groups is 1. The highest BCUT2D eigenvalue weighted by molar-refractivity contribution is 5.94. The number of hydrogen-bond donors (Lipinski definition) is 2. The summed E-state index contributed by atoms with van der Waals surface area (Å²) in [6, 6.07) is 6.06. The molecule has 3 rings (SSSR count). The average Bonchev–Trinajstić information content (AvgIpc) is 3.16. The van der Waals surface area contributed by atoms with E-state index in [1.165, 1.54) is 25.3 Å². The second kappa shape index (κ2) is 8.05. The lowest BCUT2D eigenvalue weighted by Crippen LogP contribution is -2.45. The van der Waals surface area contributed by atoms with Crippen molar-refractivity contribution in [3.05, 3.63) is 57.5 Å². The molecule has 0 radical (unpaired) electrons. The fourth-order valence-corrected chi connectivity index (χ4v) is 3.04. The molecular formula is C19H19N3O7. The maximum absolute atomic E-state index is 12.4. The van der Waals surface area contributed by atoms with Gasteiger partial charge < -0.3 is 24.5 Å². The molecule has 2 heterocycles. The van der Waals surface area contributed by atoms with Gasteiger partial charge in [0, 0.05) is 5.70 Å². The Labute approximate surface area is 165 Å². The van der Waals surface area contributed by atoms with E-state index in [1.54, 1.807) is 26.0 Å². The van der Waals surface area contributed by atoms with Crippen LogP contribution < -0.4 is 15.4 Å². The van der Waals surface area contributed by atoms with Crippen LogP contribution in [0, 0.1) is 10.1 Å². The molecule has 1 atom stereocenters. The number of nitro groups is 1. The maximum Gasteiger partial charge on any atom is 0.338 e. The molecule has 2 aromatic rings. The number of nitrogens with zero attached hydrogens (tertiary/aromatic N) is 1. The second-order valence-electron chi connectivity index (χ2n) is 6.13. The van der Waals surface area contributed by atoms with Gasteiger partial charge in [-0.05, 0) is 38.1 Å². The molecular weight excluding hydrogens is 382 g/mol. The van der Waals surface area contributed by atoms with Gasteiger partial charge in [0.25, 0.3) is 5.69 Å². The molecule has 29 heavy (non-hydrogen) atoms. The van der Waals surface area contributed by atoms with Crippen molar-refractivity contribution in [3.8, 4) is 17.1 Å². The van der Waals surface area contributed by atoms with E-state index < -0.39 is 23.0 Å². The Kier molecular flexibility index (Phi) is 5.53. The Bertz CT molecular complexity index is 1010. The number of methoxy groups -OCH3 is 1. The van der Waals surface area contributed by atoms with Crippen molar-refractivity contribution in [2.45, 2.75) is 19.9 Å². The fraction of sp³-hybridized carbons (Fsp3) is 0.263. The van der Waals surface area contributed by atoms with E-state index in [4.69, 9.17) is 13.9 Å². The number of carbonyl (C=O) groups excluding carboxylic acids is 2. The normalized spacial score (nSPS) is 16.1. The number of carbonyl (C=O) groups is 2. The zero-order chi connectivity index (χ0) is 21.1. The van der Waals surface area contributed by atoms with Crippen LogP contribution in [-0.4, -0.2) is 30.6 Å². The predicted octanol–water partition coefficient (Wildman–Crippen LogP) is 3.05. The number of nitrogens with one attached hydrogen (secondary N) is 2. The van der Waals surface area contributed by atoms with Crippen LogP contribution in [-0.2, 0) is 9.53 Å². The number of furan rings is 1. The van der Waals surface area contributed by atoms with Crippen LogP contribution in [0.5, 0.6) is 5.75 Å². The summed E-state index contributed by atoms with van der Waals surface area (Å²) < 4.78 is 15.9. The molecule has 0 fully saturated rings. The highest BCUT2D eigenvalue weighted by Gasteiger charge is 2.34. The topological polar surface area (TPSA) is 133 Å². The second-order valence-corrected chi connectivity index (χ2v) is 6.13. The smallest absolute Gasteiger partial charge is 0.338 e. The molecule has 0 saturated heterocycles. The van der Waals surface area contributed by atoms with E-state index >= 15 is 0 Å². The number of ether oxygens (including phenoxy) is 2. The largest absolute Gasteiger partial charge is 0.497 e. The lowest BCUT2D eigenvalue weighted by Gasteiger charge is -2.26. The van der Waals surface area contributed by atoms with Crippen LogP contribution in [0.1, 0.15) is 25.6 Å². The van der Waals surface area contributed by atoms with Crippen molar-refractivity contribution in [2.75, 3.05) is 13.7 Å². The van der Waals surface area contributed by atoms with E-state index in [-0.39, 0.29) is 35.0 Å². The van der Waals surface area contributed by atoms with Gasteiger partial charge in [0.2, 0.25) is 0 Å². The van der Waals surface area contributed by atoms with Gasteiger partial charge in [-0.1, -0.05) is 0 Å². The summed E-state index contributed by atoms with van der Waals surface area (Å²) in [7, 11) is 1.41. The predicted molar refractivity (Wildman–Crippen MR) is 101 cm³/mol. The zero-order valence-corrected chi connectivity index (χ0v) is 16.0. The molecule has 0 aliphatic carbocycles. The third kappa shape index (κ3) is 3.91. The minimum atomic E-state index is -0.895. The molecule has 10 heteroatoms. The molecule has 1 aromatic carbocycles. The molecule has 10 nitrogen and oxygen atoms in total. The van der Waals surface area contributed by atoms with Crippen molar-refractivity contribution in [2.24, 2.45) is 0 Å². The Morgan fingerprint density at radius 3 is 2.72 bits per heavy atom. The molecule has 152 valence electrons. The lowest BCUT2D eigenvalue weighted by atomic mass is 10.0.